The van der Waals surface area contributed by atoms with Gasteiger partial charge in [0.2, 0.25) is 0 Å². The lowest BCUT2D eigenvalue weighted by atomic mass is 10.2. The largest absolute Gasteiger partial charge is 0.449 e. The predicted molar refractivity (Wildman–Crippen MR) is 60.5 cm³/mol. The third-order valence-corrected chi connectivity index (χ3v) is 2.38. The Bertz CT molecular complexity index is 434. The molecule has 1 amide bonds. The number of esters is 1. The molecule has 0 spiro atoms. The van der Waals surface area contributed by atoms with Gasteiger partial charge >= 0.3 is 5.97 Å². The van der Waals surface area contributed by atoms with Gasteiger partial charge in [0.15, 0.2) is 6.10 Å². The number of hydrogen-bond acceptors (Lipinski definition) is 3. The Kier molecular flexibility index (Phi) is 4.15. The topological polar surface area (TPSA) is 69.4 Å². The fraction of sp³-hybridized carbons (Fsp3) is 0.200. The molecule has 0 aliphatic rings. The Morgan fingerprint density at radius 2 is 2.00 bits per heavy atom. The molecule has 0 bridgehead atoms. The van der Waals surface area contributed by atoms with Gasteiger partial charge in [-0.3, -0.25) is 4.79 Å². The van der Waals surface area contributed by atoms with Crippen molar-refractivity contribution in [3.8, 4) is 0 Å². The molecule has 1 aromatic rings. The minimum atomic E-state index is -1.00. The van der Waals surface area contributed by atoms with Gasteiger partial charge in [-0.2, -0.15) is 0 Å². The van der Waals surface area contributed by atoms with Crippen LogP contribution < -0.4 is 5.73 Å². The molecule has 1 atom stereocenters. The van der Waals surface area contributed by atoms with Crippen molar-refractivity contribution in [2.75, 3.05) is 0 Å². The zero-order valence-corrected chi connectivity index (χ0v) is 9.88. The highest BCUT2D eigenvalue weighted by Gasteiger charge is 2.18. The molecule has 4 nitrogen and oxygen atoms in total. The summed E-state index contributed by atoms with van der Waals surface area (Å²) in [5.41, 5.74) is 5.09. The van der Waals surface area contributed by atoms with Crippen molar-refractivity contribution in [1.82, 2.24) is 0 Å². The van der Waals surface area contributed by atoms with Crippen molar-refractivity contribution in [2.24, 2.45) is 5.73 Å². The summed E-state index contributed by atoms with van der Waals surface area (Å²) in [7, 11) is 0. The number of amides is 1. The van der Waals surface area contributed by atoms with Crippen molar-refractivity contribution >= 4 is 35.1 Å². The molecule has 0 saturated heterocycles. The fourth-order valence-corrected chi connectivity index (χ4v) is 1.42. The van der Waals surface area contributed by atoms with Crippen molar-refractivity contribution in [3.05, 3.63) is 33.8 Å². The van der Waals surface area contributed by atoms with E-state index < -0.39 is 18.0 Å². The monoisotopic (exact) mass is 261 g/mol. The Morgan fingerprint density at radius 1 is 1.38 bits per heavy atom. The third kappa shape index (κ3) is 3.12. The highest BCUT2D eigenvalue weighted by atomic mass is 35.5. The molecule has 1 rings (SSSR count). The molecule has 6 heteroatoms. The van der Waals surface area contributed by atoms with Crippen LogP contribution >= 0.6 is 23.2 Å². The second-order valence-electron chi connectivity index (χ2n) is 3.07. The first-order chi connectivity index (χ1) is 7.41. The average molecular weight is 262 g/mol. The van der Waals surface area contributed by atoms with Gasteiger partial charge < -0.3 is 10.5 Å². The minimum absolute atomic E-state index is 0.138. The lowest BCUT2D eigenvalue weighted by Crippen LogP contribution is -2.30. The lowest BCUT2D eigenvalue weighted by molar-refractivity contribution is -0.125. The number of nitrogens with two attached hydrogens (primary N) is 1. The quantitative estimate of drug-likeness (QED) is 0.847. The molecule has 1 aromatic carbocycles. The summed E-state index contributed by atoms with van der Waals surface area (Å²) in [6, 6.07) is 4.33. The molecular weight excluding hydrogens is 253 g/mol. The van der Waals surface area contributed by atoms with Gasteiger partial charge in [-0.05, 0) is 25.1 Å². The number of primary amides is 1. The summed E-state index contributed by atoms with van der Waals surface area (Å²) in [6.07, 6.45) is -1.00. The Labute approximate surface area is 102 Å². The van der Waals surface area contributed by atoms with Crippen LogP contribution in [0.25, 0.3) is 0 Å². The molecule has 86 valence electrons. The van der Waals surface area contributed by atoms with E-state index in [-0.39, 0.29) is 10.6 Å². The van der Waals surface area contributed by atoms with Gasteiger partial charge in [0, 0.05) is 5.02 Å². The highest BCUT2D eigenvalue weighted by molar-refractivity contribution is 6.36. The Hall–Kier alpha value is -1.26. The van der Waals surface area contributed by atoms with Gasteiger partial charge in [-0.15, -0.1) is 0 Å². The first-order valence-corrected chi connectivity index (χ1v) is 5.12. The van der Waals surface area contributed by atoms with Gasteiger partial charge in [-0.25, -0.2) is 4.79 Å². The van der Waals surface area contributed by atoms with E-state index in [0.717, 1.165) is 0 Å². The summed E-state index contributed by atoms with van der Waals surface area (Å²) in [4.78, 5) is 22.2. The van der Waals surface area contributed by atoms with E-state index in [9.17, 15) is 9.59 Å². The van der Waals surface area contributed by atoms with Crippen LogP contribution in [-0.2, 0) is 9.53 Å². The van der Waals surface area contributed by atoms with E-state index >= 15 is 0 Å². The van der Waals surface area contributed by atoms with Crippen molar-refractivity contribution in [2.45, 2.75) is 13.0 Å². The van der Waals surface area contributed by atoms with E-state index in [0.29, 0.717) is 5.02 Å². The van der Waals surface area contributed by atoms with Gasteiger partial charge in [-0.1, -0.05) is 23.2 Å². The summed E-state index contributed by atoms with van der Waals surface area (Å²) in [5, 5.41) is 0.568. The SMILES string of the molecule is C[C@@H](OC(=O)c1ccc(Cl)cc1Cl)C(N)=O. The van der Waals surface area contributed by atoms with Crippen molar-refractivity contribution in [1.29, 1.82) is 0 Å². The van der Waals surface area contributed by atoms with E-state index in [1.165, 1.54) is 25.1 Å². The highest BCUT2D eigenvalue weighted by Crippen LogP contribution is 2.21. The maximum Gasteiger partial charge on any atom is 0.340 e. The third-order valence-electron chi connectivity index (χ3n) is 1.84. The maximum atomic E-state index is 11.5. The maximum absolute atomic E-state index is 11.5. The zero-order chi connectivity index (χ0) is 12.3. The van der Waals surface area contributed by atoms with Crippen LogP contribution in [-0.4, -0.2) is 18.0 Å². The summed E-state index contributed by atoms with van der Waals surface area (Å²) >= 11 is 11.5. The summed E-state index contributed by atoms with van der Waals surface area (Å²) < 4.78 is 4.78. The Balaban J connectivity index is 2.85. The predicted octanol–water partition coefficient (Wildman–Crippen LogP) is 2.02. The first-order valence-electron chi connectivity index (χ1n) is 4.37. The van der Waals surface area contributed by atoms with Crippen molar-refractivity contribution in [3.63, 3.8) is 0 Å². The van der Waals surface area contributed by atoms with Crippen molar-refractivity contribution < 1.29 is 14.3 Å². The van der Waals surface area contributed by atoms with Crippen LogP contribution in [0.2, 0.25) is 10.0 Å². The lowest BCUT2D eigenvalue weighted by Gasteiger charge is -2.10. The number of carbonyl (C=O) groups excluding carboxylic acids is 2. The minimum Gasteiger partial charge on any atom is -0.449 e. The fourth-order valence-electron chi connectivity index (χ4n) is 0.937. The number of benzene rings is 1. The molecule has 0 aliphatic heterocycles. The molecule has 0 heterocycles. The Morgan fingerprint density at radius 3 is 2.50 bits per heavy atom. The molecule has 0 saturated carbocycles. The van der Waals surface area contributed by atoms with Crippen LogP contribution in [0.4, 0.5) is 0 Å². The van der Waals surface area contributed by atoms with Crippen LogP contribution in [0.15, 0.2) is 18.2 Å². The van der Waals surface area contributed by atoms with Crippen LogP contribution in [0.1, 0.15) is 17.3 Å². The number of ether oxygens (including phenoxy) is 1. The van der Waals surface area contributed by atoms with E-state index in [2.05, 4.69) is 0 Å². The second kappa shape index (κ2) is 5.18. The average Bonchev–Trinajstić information content (AvgIpc) is 2.16. The zero-order valence-electron chi connectivity index (χ0n) is 8.37. The molecule has 2 N–H and O–H groups in total. The number of halogens is 2. The first kappa shape index (κ1) is 12.8. The molecular formula is C10H9Cl2NO3. The van der Waals surface area contributed by atoms with Crippen LogP contribution in [0.3, 0.4) is 0 Å². The number of rotatable bonds is 3. The normalized spacial score (nSPS) is 11.9. The van der Waals surface area contributed by atoms with E-state index in [4.69, 9.17) is 33.7 Å². The molecule has 0 radical (unpaired) electrons. The summed E-state index contributed by atoms with van der Waals surface area (Å²) in [5.74, 6) is -1.44. The number of hydrogen-bond donors (Lipinski definition) is 1. The van der Waals surface area contributed by atoms with Crippen LogP contribution in [0, 0.1) is 0 Å². The van der Waals surface area contributed by atoms with E-state index in [1.807, 2.05) is 0 Å². The van der Waals surface area contributed by atoms with Gasteiger partial charge in [0.1, 0.15) is 0 Å². The molecule has 0 aliphatic carbocycles. The molecule has 0 fully saturated rings. The second-order valence-corrected chi connectivity index (χ2v) is 3.92. The summed E-state index contributed by atoms with van der Waals surface area (Å²) in [6.45, 7) is 1.38. The van der Waals surface area contributed by atoms with E-state index in [1.54, 1.807) is 0 Å². The number of carbonyl (C=O) groups is 2. The van der Waals surface area contributed by atoms with Gasteiger partial charge in [0.05, 0.1) is 10.6 Å². The standard InChI is InChI=1S/C10H9Cl2NO3/c1-5(9(13)14)16-10(15)7-3-2-6(11)4-8(7)12/h2-5H,1H3,(H2,13,14)/t5-/m1/s1. The molecule has 16 heavy (non-hydrogen) atoms. The van der Waals surface area contributed by atoms with Gasteiger partial charge in [0.25, 0.3) is 5.91 Å². The molecule has 0 aromatic heterocycles. The smallest absolute Gasteiger partial charge is 0.340 e. The van der Waals surface area contributed by atoms with Crippen LogP contribution in [0.5, 0.6) is 0 Å². The molecule has 0 unspecified atom stereocenters.